The Balaban J connectivity index is 3.06. The first-order chi connectivity index (χ1) is 4.81. The van der Waals surface area contributed by atoms with Gasteiger partial charge in [-0.3, -0.25) is 0 Å². The molecule has 0 saturated carbocycles. The van der Waals surface area contributed by atoms with E-state index in [2.05, 4.69) is 12.2 Å². The summed E-state index contributed by atoms with van der Waals surface area (Å²) in [5.41, 5.74) is 5.74. The number of hydrogen-bond donors (Lipinski definition) is 1. The monoisotopic (exact) mass is 157 g/mol. The fourth-order valence-corrected chi connectivity index (χ4v) is 1.36. The lowest BCUT2D eigenvalue weighted by Crippen LogP contribution is -2.22. The molecule has 0 aliphatic carbocycles. The van der Waals surface area contributed by atoms with Crippen LogP contribution in [0.3, 0.4) is 0 Å². The van der Waals surface area contributed by atoms with E-state index in [1.807, 2.05) is 0 Å². The zero-order chi connectivity index (χ0) is 7.82. The Labute approximate surface area is 67.8 Å². The quantitative estimate of drug-likeness (QED) is 0.483. The maximum Gasteiger partial charge on any atom is 0.0130 e. The van der Waals surface area contributed by atoms with Crippen LogP contribution in [0.15, 0.2) is 0 Å². The minimum absolute atomic E-state index is 0.336. The van der Waals surface area contributed by atoms with Crippen LogP contribution in [-0.2, 0) is 0 Å². The maximum absolute atomic E-state index is 5.74. The zero-order valence-electron chi connectivity index (χ0n) is 6.47. The van der Waals surface area contributed by atoms with Crippen LogP contribution in [0.25, 0.3) is 0 Å². The largest absolute Gasteiger partial charge is 0.327 e. The average molecular weight is 157 g/mol. The predicted molar refractivity (Wildman–Crippen MR) is 49.0 cm³/mol. The topological polar surface area (TPSA) is 26.0 Å². The van der Waals surface area contributed by atoms with Gasteiger partial charge >= 0.3 is 0 Å². The number of nitrogens with two attached hydrogens (primary N) is 1. The Morgan fingerprint density at radius 1 is 1.70 bits per heavy atom. The highest BCUT2D eigenvalue weighted by Gasteiger charge is 1.98. The van der Waals surface area contributed by atoms with E-state index in [-0.39, 0.29) is 0 Å². The SMILES string of the molecule is C#CCCCC(N)CSC. The minimum Gasteiger partial charge on any atom is -0.327 e. The van der Waals surface area contributed by atoms with Crippen LogP contribution in [0.2, 0.25) is 0 Å². The summed E-state index contributed by atoms with van der Waals surface area (Å²) >= 11 is 1.79. The van der Waals surface area contributed by atoms with Crippen molar-refractivity contribution in [3.8, 4) is 12.3 Å². The summed E-state index contributed by atoms with van der Waals surface area (Å²) in [4.78, 5) is 0. The van der Waals surface area contributed by atoms with Gasteiger partial charge in [-0.25, -0.2) is 0 Å². The molecule has 2 N–H and O–H groups in total. The second-order valence-electron chi connectivity index (χ2n) is 2.31. The lowest BCUT2D eigenvalue weighted by atomic mass is 10.1. The molecule has 0 fully saturated rings. The van der Waals surface area contributed by atoms with Gasteiger partial charge in [-0.1, -0.05) is 0 Å². The number of terminal acetylenes is 1. The molecule has 0 aromatic carbocycles. The van der Waals surface area contributed by atoms with Crippen LogP contribution in [0, 0.1) is 12.3 Å². The predicted octanol–water partition coefficient (Wildman–Crippen LogP) is 1.48. The van der Waals surface area contributed by atoms with Gasteiger partial charge in [0.1, 0.15) is 0 Å². The first-order valence-electron chi connectivity index (χ1n) is 3.49. The van der Waals surface area contributed by atoms with Crippen molar-refractivity contribution in [2.45, 2.75) is 25.3 Å². The summed E-state index contributed by atoms with van der Waals surface area (Å²) in [6.45, 7) is 0. The third-order valence-corrected chi connectivity index (χ3v) is 2.04. The van der Waals surface area contributed by atoms with Crippen molar-refractivity contribution in [3.05, 3.63) is 0 Å². The van der Waals surface area contributed by atoms with E-state index in [1.165, 1.54) is 0 Å². The van der Waals surface area contributed by atoms with E-state index in [4.69, 9.17) is 12.2 Å². The third-order valence-electron chi connectivity index (χ3n) is 1.28. The normalized spacial score (nSPS) is 12.5. The second-order valence-corrected chi connectivity index (χ2v) is 3.22. The lowest BCUT2D eigenvalue weighted by molar-refractivity contribution is 0.642. The Kier molecular flexibility index (Phi) is 6.89. The highest BCUT2D eigenvalue weighted by atomic mass is 32.2. The Bertz CT molecular complexity index is 106. The van der Waals surface area contributed by atoms with E-state index in [9.17, 15) is 0 Å². The van der Waals surface area contributed by atoms with Gasteiger partial charge in [-0.15, -0.1) is 12.3 Å². The molecule has 58 valence electrons. The maximum atomic E-state index is 5.74. The van der Waals surface area contributed by atoms with Gasteiger partial charge in [0.25, 0.3) is 0 Å². The summed E-state index contributed by atoms with van der Waals surface area (Å²) in [6, 6.07) is 0.336. The van der Waals surface area contributed by atoms with Gasteiger partial charge in [0, 0.05) is 18.2 Å². The molecule has 2 heteroatoms. The smallest absolute Gasteiger partial charge is 0.0130 e. The molecule has 0 spiro atoms. The molecule has 0 aromatic heterocycles. The molecule has 1 unspecified atom stereocenters. The lowest BCUT2D eigenvalue weighted by Gasteiger charge is -2.06. The molecule has 0 aliphatic heterocycles. The Morgan fingerprint density at radius 2 is 2.40 bits per heavy atom. The number of hydrogen-bond acceptors (Lipinski definition) is 2. The van der Waals surface area contributed by atoms with Crippen LogP contribution in [0.4, 0.5) is 0 Å². The van der Waals surface area contributed by atoms with Crippen molar-refractivity contribution in [1.29, 1.82) is 0 Å². The van der Waals surface area contributed by atoms with Crippen LogP contribution >= 0.6 is 11.8 Å². The van der Waals surface area contributed by atoms with Gasteiger partial charge in [-0.2, -0.15) is 11.8 Å². The Morgan fingerprint density at radius 3 is 2.90 bits per heavy atom. The number of thioether (sulfide) groups is 1. The van der Waals surface area contributed by atoms with E-state index in [0.29, 0.717) is 6.04 Å². The summed E-state index contributed by atoms with van der Waals surface area (Å²) in [5.74, 6) is 3.65. The molecule has 0 radical (unpaired) electrons. The standard InChI is InChI=1S/C8H15NS/c1-3-4-5-6-8(9)7-10-2/h1,8H,4-7,9H2,2H3. The van der Waals surface area contributed by atoms with Crippen molar-refractivity contribution < 1.29 is 0 Å². The molecule has 0 amide bonds. The molecule has 0 aliphatic rings. The highest BCUT2D eigenvalue weighted by molar-refractivity contribution is 7.98. The number of unbranched alkanes of at least 4 members (excludes halogenated alkanes) is 1. The first-order valence-corrected chi connectivity index (χ1v) is 4.88. The first kappa shape index (κ1) is 9.87. The summed E-state index contributed by atoms with van der Waals surface area (Å²) in [5, 5.41) is 0. The number of rotatable bonds is 5. The van der Waals surface area contributed by atoms with Crippen LogP contribution < -0.4 is 5.73 Å². The van der Waals surface area contributed by atoms with Gasteiger partial charge < -0.3 is 5.73 Å². The van der Waals surface area contributed by atoms with Gasteiger partial charge in [-0.05, 0) is 19.1 Å². The van der Waals surface area contributed by atoms with Gasteiger partial charge in [0.05, 0.1) is 0 Å². The van der Waals surface area contributed by atoms with E-state index >= 15 is 0 Å². The molecule has 0 heterocycles. The third kappa shape index (κ3) is 6.00. The second kappa shape index (κ2) is 6.98. The fourth-order valence-electron chi connectivity index (χ4n) is 0.764. The van der Waals surface area contributed by atoms with Crippen molar-refractivity contribution >= 4 is 11.8 Å². The van der Waals surface area contributed by atoms with Crippen molar-refractivity contribution in [3.63, 3.8) is 0 Å². The molecule has 1 nitrogen and oxygen atoms in total. The molecular formula is C8H15NS. The highest BCUT2D eigenvalue weighted by Crippen LogP contribution is 2.02. The molecule has 10 heavy (non-hydrogen) atoms. The minimum atomic E-state index is 0.336. The van der Waals surface area contributed by atoms with E-state index < -0.39 is 0 Å². The fraction of sp³-hybridized carbons (Fsp3) is 0.750. The molecular weight excluding hydrogens is 142 g/mol. The van der Waals surface area contributed by atoms with Crippen molar-refractivity contribution in [1.82, 2.24) is 0 Å². The molecule has 0 bridgehead atoms. The van der Waals surface area contributed by atoms with Crippen molar-refractivity contribution in [2.24, 2.45) is 5.73 Å². The summed E-state index contributed by atoms with van der Waals surface area (Å²) < 4.78 is 0. The van der Waals surface area contributed by atoms with Crippen LogP contribution in [0.5, 0.6) is 0 Å². The summed E-state index contributed by atoms with van der Waals surface area (Å²) in [7, 11) is 0. The average Bonchev–Trinajstić information content (AvgIpc) is 1.89. The zero-order valence-corrected chi connectivity index (χ0v) is 7.29. The Hall–Kier alpha value is -0.130. The summed E-state index contributed by atoms with van der Waals surface area (Å²) in [6.07, 6.45) is 10.2. The van der Waals surface area contributed by atoms with Crippen LogP contribution in [0.1, 0.15) is 19.3 Å². The van der Waals surface area contributed by atoms with Crippen molar-refractivity contribution in [2.75, 3.05) is 12.0 Å². The van der Waals surface area contributed by atoms with Gasteiger partial charge in [0.2, 0.25) is 0 Å². The van der Waals surface area contributed by atoms with E-state index in [1.54, 1.807) is 11.8 Å². The molecule has 0 aromatic rings. The molecule has 0 saturated heterocycles. The van der Waals surface area contributed by atoms with E-state index in [0.717, 1.165) is 25.0 Å². The molecule has 0 rings (SSSR count). The van der Waals surface area contributed by atoms with Gasteiger partial charge in [0.15, 0.2) is 0 Å². The molecule has 1 atom stereocenters. The van der Waals surface area contributed by atoms with Crippen LogP contribution in [-0.4, -0.2) is 18.1 Å².